The smallest absolute Gasteiger partial charge is 0.264 e. The van der Waals surface area contributed by atoms with E-state index in [1.165, 1.54) is 11.8 Å². The number of hydrogen-bond acceptors (Lipinski definition) is 6. The van der Waals surface area contributed by atoms with Gasteiger partial charge in [-0.15, -0.1) is 0 Å². The van der Waals surface area contributed by atoms with Crippen LogP contribution in [0.15, 0.2) is 70.6 Å². The quantitative estimate of drug-likeness (QED) is 0.288. The van der Waals surface area contributed by atoms with Crippen molar-refractivity contribution in [3.05, 3.63) is 86.7 Å². The number of aliphatic imine (C=N–C) groups is 1. The Kier molecular flexibility index (Phi) is 8.80. The van der Waals surface area contributed by atoms with Crippen LogP contribution in [0.25, 0.3) is 6.08 Å². The predicted octanol–water partition coefficient (Wildman–Crippen LogP) is 7.26. The van der Waals surface area contributed by atoms with Crippen molar-refractivity contribution in [3.63, 3.8) is 0 Å². The van der Waals surface area contributed by atoms with Crippen LogP contribution in [0.4, 0.5) is 5.69 Å². The first-order valence-electron chi connectivity index (χ1n) is 11.3. The fourth-order valence-electron chi connectivity index (χ4n) is 3.34. The van der Waals surface area contributed by atoms with Crippen molar-refractivity contribution in [2.24, 2.45) is 4.99 Å². The molecule has 0 aliphatic carbocycles. The summed E-state index contributed by atoms with van der Waals surface area (Å²) in [7, 11) is 0. The van der Waals surface area contributed by atoms with Crippen LogP contribution in [0.5, 0.6) is 17.2 Å². The highest BCUT2D eigenvalue weighted by molar-refractivity contribution is 8.18. The fourth-order valence-corrected chi connectivity index (χ4v) is 4.58. The van der Waals surface area contributed by atoms with Gasteiger partial charge in [0.05, 0.1) is 28.8 Å². The molecule has 3 aromatic rings. The molecule has 1 aliphatic heterocycles. The number of carbonyl (C=O) groups excluding carboxylic acids is 1. The summed E-state index contributed by atoms with van der Waals surface area (Å²) < 4.78 is 17.2. The molecule has 1 fully saturated rings. The Bertz CT molecular complexity index is 1290. The third-order valence-electron chi connectivity index (χ3n) is 4.96. The lowest BCUT2D eigenvalue weighted by Gasteiger charge is -2.15. The van der Waals surface area contributed by atoms with Crippen LogP contribution in [0, 0.1) is 0 Å². The van der Waals surface area contributed by atoms with E-state index in [1.807, 2.05) is 50.2 Å². The van der Waals surface area contributed by atoms with E-state index in [9.17, 15) is 4.79 Å². The van der Waals surface area contributed by atoms with Gasteiger partial charge in [-0.25, -0.2) is 4.99 Å². The summed E-state index contributed by atoms with van der Waals surface area (Å²) in [6, 6.07) is 18.3. The normalized spacial score (nSPS) is 15.3. The van der Waals surface area contributed by atoms with Crippen LogP contribution in [0.2, 0.25) is 10.0 Å². The number of nitrogens with zero attached hydrogens (tertiary/aromatic N) is 1. The van der Waals surface area contributed by atoms with E-state index in [0.29, 0.717) is 62.7 Å². The van der Waals surface area contributed by atoms with E-state index < -0.39 is 0 Å². The predicted molar refractivity (Wildman–Crippen MR) is 147 cm³/mol. The Morgan fingerprint density at radius 1 is 0.944 bits per heavy atom. The number of amides is 1. The molecular formula is C27H24Cl2N2O4S. The zero-order chi connectivity index (χ0) is 25.5. The molecular weight excluding hydrogens is 519 g/mol. The minimum atomic E-state index is -0.234. The molecule has 1 saturated heterocycles. The average molecular weight is 543 g/mol. The Morgan fingerprint density at radius 2 is 1.67 bits per heavy atom. The Labute approximate surface area is 224 Å². The fraction of sp³-hybridized carbons (Fsp3) is 0.185. The van der Waals surface area contributed by atoms with E-state index in [1.54, 1.807) is 30.3 Å². The van der Waals surface area contributed by atoms with Crippen LogP contribution < -0.4 is 19.5 Å². The Morgan fingerprint density at radius 3 is 2.36 bits per heavy atom. The number of carbonyl (C=O) groups is 1. The second-order valence-corrected chi connectivity index (χ2v) is 9.46. The monoisotopic (exact) mass is 542 g/mol. The van der Waals surface area contributed by atoms with Gasteiger partial charge >= 0.3 is 0 Å². The molecule has 0 unspecified atom stereocenters. The molecule has 4 rings (SSSR count). The molecule has 1 heterocycles. The van der Waals surface area contributed by atoms with Crippen LogP contribution in [-0.2, 0) is 11.4 Å². The third-order valence-corrected chi connectivity index (χ3v) is 6.40. The molecule has 36 heavy (non-hydrogen) atoms. The average Bonchev–Trinajstić information content (AvgIpc) is 3.19. The summed E-state index contributed by atoms with van der Waals surface area (Å²) in [4.78, 5) is 17.6. The molecule has 0 saturated carbocycles. The van der Waals surface area contributed by atoms with Crippen molar-refractivity contribution in [1.29, 1.82) is 0 Å². The van der Waals surface area contributed by atoms with Gasteiger partial charge in [0.1, 0.15) is 12.4 Å². The van der Waals surface area contributed by atoms with E-state index in [2.05, 4.69) is 10.3 Å². The number of benzene rings is 3. The van der Waals surface area contributed by atoms with Gasteiger partial charge in [0, 0.05) is 5.02 Å². The first-order chi connectivity index (χ1) is 17.4. The maximum Gasteiger partial charge on any atom is 0.264 e. The number of nitrogens with one attached hydrogen (secondary N) is 1. The maximum absolute atomic E-state index is 12.6. The first-order valence-corrected chi connectivity index (χ1v) is 12.9. The van der Waals surface area contributed by atoms with Crippen LogP contribution in [-0.4, -0.2) is 24.3 Å². The molecule has 0 bridgehead atoms. The summed E-state index contributed by atoms with van der Waals surface area (Å²) in [5.74, 6) is 1.48. The number of rotatable bonds is 9. The molecule has 0 atom stereocenters. The van der Waals surface area contributed by atoms with Crippen molar-refractivity contribution in [2.75, 3.05) is 13.2 Å². The number of hydrogen-bond donors (Lipinski definition) is 1. The number of ether oxygens (including phenoxy) is 3. The standard InChI is InChI=1S/C27H24Cl2N2O4S/c1-3-33-21-11-9-20(10-12-21)30-27-31-26(32)24(36-27)15-18-13-22(29)25(23(14-18)34-4-2)35-16-17-5-7-19(28)8-6-17/h5-15H,3-4,16H2,1-2H3,(H,30,31,32)/b24-15+. The molecule has 1 N–H and O–H groups in total. The van der Waals surface area contributed by atoms with Crippen LogP contribution in [0.3, 0.4) is 0 Å². The van der Waals surface area contributed by atoms with Crippen molar-refractivity contribution >= 4 is 57.8 Å². The SMILES string of the molecule is CCOc1ccc(N=C2NC(=O)/C(=C\c3cc(Cl)c(OCc4ccc(Cl)cc4)c(OCC)c3)S2)cc1. The van der Waals surface area contributed by atoms with Gasteiger partial charge in [-0.1, -0.05) is 35.3 Å². The second kappa shape index (κ2) is 12.2. The van der Waals surface area contributed by atoms with Crippen LogP contribution >= 0.6 is 35.0 Å². The zero-order valence-electron chi connectivity index (χ0n) is 19.7. The van der Waals surface area contributed by atoms with Gasteiger partial charge in [-0.05, 0) is 91.3 Å². The van der Waals surface area contributed by atoms with E-state index in [0.717, 1.165) is 11.3 Å². The zero-order valence-corrected chi connectivity index (χ0v) is 22.0. The molecule has 0 spiro atoms. The van der Waals surface area contributed by atoms with Crippen LogP contribution in [0.1, 0.15) is 25.0 Å². The molecule has 6 nitrogen and oxygen atoms in total. The van der Waals surface area contributed by atoms with Crippen molar-refractivity contribution < 1.29 is 19.0 Å². The summed E-state index contributed by atoms with van der Waals surface area (Å²) in [5.41, 5.74) is 2.37. The number of thioether (sulfide) groups is 1. The Balaban J connectivity index is 1.51. The first kappa shape index (κ1) is 25.9. The lowest BCUT2D eigenvalue weighted by Crippen LogP contribution is -2.19. The largest absolute Gasteiger partial charge is 0.494 e. The minimum absolute atomic E-state index is 0.234. The summed E-state index contributed by atoms with van der Waals surface area (Å²) in [6.07, 6.45) is 1.75. The highest BCUT2D eigenvalue weighted by Crippen LogP contribution is 2.39. The van der Waals surface area contributed by atoms with Gasteiger partial charge < -0.3 is 19.5 Å². The van der Waals surface area contributed by atoms with Crippen molar-refractivity contribution in [1.82, 2.24) is 5.32 Å². The lowest BCUT2D eigenvalue weighted by atomic mass is 10.1. The van der Waals surface area contributed by atoms with Gasteiger partial charge in [-0.2, -0.15) is 0 Å². The summed E-state index contributed by atoms with van der Waals surface area (Å²) in [6.45, 7) is 5.15. The molecule has 0 radical (unpaired) electrons. The molecule has 1 aliphatic rings. The molecule has 3 aromatic carbocycles. The van der Waals surface area contributed by atoms with Crippen molar-refractivity contribution in [2.45, 2.75) is 20.5 Å². The van der Waals surface area contributed by atoms with Gasteiger partial charge in [0.2, 0.25) is 0 Å². The lowest BCUT2D eigenvalue weighted by molar-refractivity contribution is -0.115. The number of halogens is 2. The highest BCUT2D eigenvalue weighted by Gasteiger charge is 2.24. The third kappa shape index (κ3) is 6.75. The highest BCUT2D eigenvalue weighted by atomic mass is 35.5. The summed E-state index contributed by atoms with van der Waals surface area (Å²) >= 11 is 13.8. The van der Waals surface area contributed by atoms with Gasteiger partial charge in [0.25, 0.3) is 5.91 Å². The van der Waals surface area contributed by atoms with E-state index >= 15 is 0 Å². The van der Waals surface area contributed by atoms with E-state index in [4.69, 9.17) is 37.4 Å². The Hall–Kier alpha value is -3.13. The summed E-state index contributed by atoms with van der Waals surface area (Å²) in [5, 5.41) is 4.33. The van der Waals surface area contributed by atoms with E-state index in [-0.39, 0.29) is 5.91 Å². The number of amidine groups is 1. The molecule has 1 amide bonds. The van der Waals surface area contributed by atoms with Gasteiger partial charge in [0.15, 0.2) is 16.7 Å². The molecule has 9 heteroatoms. The van der Waals surface area contributed by atoms with Crippen molar-refractivity contribution in [3.8, 4) is 17.2 Å². The maximum atomic E-state index is 12.6. The minimum Gasteiger partial charge on any atom is -0.494 e. The van der Waals surface area contributed by atoms with Gasteiger partial charge in [-0.3, -0.25) is 4.79 Å². The molecule has 0 aromatic heterocycles. The molecule has 186 valence electrons. The topological polar surface area (TPSA) is 69.2 Å². The second-order valence-electron chi connectivity index (χ2n) is 7.59.